The number of amides is 3. The van der Waals surface area contributed by atoms with Crippen molar-refractivity contribution in [3.63, 3.8) is 0 Å². The molecule has 2 aromatic rings. The van der Waals surface area contributed by atoms with Crippen molar-refractivity contribution in [2.24, 2.45) is 0 Å². The molecule has 0 fully saturated rings. The lowest BCUT2D eigenvalue weighted by Gasteiger charge is -2.30. The highest BCUT2D eigenvalue weighted by Crippen LogP contribution is 2.27. The van der Waals surface area contributed by atoms with Crippen molar-refractivity contribution in [3.8, 4) is 5.75 Å². The van der Waals surface area contributed by atoms with Gasteiger partial charge in [0, 0.05) is 19.3 Å². The standard InChI is InChI=1S/C20H20F3N5O3/c1-2-9-24-11-16(13-5-7-14(8-6-13)31-20(21,22)23)27-19(30)28-12-17(29)26-15-4-3-10-25-18(15)28/h2-8,10,16,24H,1,9,11-12H2,(H,26,29)(H,27,30). The van der Waals surface area contributed by atoms with Crippen LogP contribution in [0.5, 0.6) is 5.75 Å². The molecule has 3 rings (SSSR count). The summed E-state index contributed by atoms with van der Waals surface area (Å²) in [4.78, 5) is 30.3. The summed E-state index contributed by atoms with van der Waals surface area (Å²) in [5, 5.41) is 8.51. The van der Waals surface area contributed by atoms with Gasteiger partial charge in [0.05, 0.1) is 11.7 Å². The van der Waals surface area contributed by atoms with Gasteiger partial charge in [0.25, 0.3) is 0 Å². The number of halogens is 3. The molecule has 2 heterocycles. The number of nitrogens with one attached hydrogen (secondary N) is 3. The van der Waals surface area contributed by atoms with Gasteiger partial charge in [0.1, 0.15) is 12.3 Å². The maximum atomic E-state index is 13.0. The monoisotopic (exact) mass is 435 g/mol. The maximum absolute atomic E-state index is 13.0. The number of benzene rings is 1. The van der Waals surface area contributed by atoms with E-state index in [2.05, 4.69) is 32.3 Å². The van der Waals surface area contributed by atoms with Gasteiger partial charge in [-0.25, -0.2) is 9.78 Å². The van der Waals surface area contributed by atoms with Crippen molar-refractivity contribution in [3.05, 3.63) is 60.8 Å². The third-order valence-electron chi connectivity index (χ3n) is 4.31. The fraction of sp³-hybridized carbons (Fsp3) is 0.250. The third-order valence-corrected chi connectivity index (χ3v) is 4.31. The van der Waals surface area contributed by atoms with Gasteiger partial charge in [-0.1, -0.05) is 18.2 Å². The number of hydrogen-bond donors (Lipinski definition) is 3. The van der Waals surface area contributed by atoms with E-state index in [0.717, 1.165) is 0 Å². The first-order valence-electron chi connectivity index (χ1n) is 9.27. The lowest BCUT2D eigenvalue weighted by atomic mass is 10.1. The molecule has 0 saturated heterocycles. The second-order valence-electron chi connectivity index (χ2n) is 6.57. The summed E-state index contributed by atoms with van der Waals surface area (Å²) >= 11 is 0. The molecule has 164 valence electrons. The number of rotatable bonds is 7. The number of ether oxygens (including phenoxy) is 1. The highest BCUT2D eigenvalue weighted by molar-refractivity contribution is 6.08. The average molecular weight is 435 g/mol. The quantitative estimate of drug-likeness (QED) is 0.459. The van der Waals surface area contributed by atoms with Crippen molar-refractivity contribution in [1.29, 1.82) is 0 Å². The molecule has 0 spiro atoms. The minimum Gasteiger partial charge on any atom is -0.406 e. The van der Waals surface area contributed by atoms with Gasteiger partial charge < -0.3 is 20.7 Å². The maximum Gasteiger partial charge on any atom is 0.573 e. The third kappa shape index (κ3) is 5.95. The molecule has 31 heavy (non-hydrogen) atoms. The largest absolute Gasteiger partial charge is 0.573 e. The summed E-state index contributed by atoms with van der Waals surface area (Å²) in [6.45, 7) is 4.12. The first-order chi connectivity index (χ1) is 14.8. The summed E-state index contributed by atoms with van der Waals surface area (Å²) in [5.41, 5.74) is 0.950. The van der Waals surface area contributed by atoms with Gasteiger partial charge in [-0.3, -0.25) is 9.69 Å². The molecular formula is C20H20F3N5O3. The Kier molecular flexibility index (Phi) is 6.75. The number of pyridine rings is 1. The molecule has 0 saturated carbocycles. The summed E-state index contributed by atoms with van der Waals surface area (Å²) in [5.74, 6) is -0.442. The molecule has 3 N–H and O–H groups in total. The normalized spacial score (nSPS) is 14.3. The van der Waals surface area contributed by atoms with E-state index < -0.39 is 18.4 Å². The zero-order valence-corrected chi connectivity index (χ0v) is 16.3. The zero-order valence-electron chi connectivity index (χ0n) is 16.3. The predicted octanol–water partition coefficient (Wildman–Crippen LogP) is 2.97. The Morgan fingerprint density at radius 1 is 1.32 bits per heavy atom. The van der Waals surface area contributed by atoms with Gasteiger partial charge in [0.2, 0.25) is 5.91 Å². The average Bonchev–Trinajstić information content (AvgIpc) is 2.72. The van der Waals surface area contributed by atoms with Crippen LogP contribution in [0.4, 0.5) is 29.5 Å². The van der Waals surface area contributed by atoms with Crippen LogP contribution < -0.4 is 25.6 Å². The number of nitrogens with zero attached hydrogens (tertiary/aromatic N) is 2. The van der Waals surface area contributed by atoms with Gasteiger partial charge in [0.15, 0.2) is 5.82 Å². The Bertz CT molecular complexity index is 950. The molecule has 1 atom stereocenters. The molecule has 0 aliphatic carbocycles. The van der Waals surface area contributed by atoms with Crippen LogP contribution in [0.25, 0.3) is 0 Å². The number of carbonyl (C=O) groups excluding carboxylic acids is 2. The van der Waals surface area contributed by atoms with Crippen LogP contribution in [0, 0.1) is 0 Å². The van der Waals surface area contributed by atoms with Gasteiger partial charge in [-0.15, -0.1) is 19.8 Å². The summed E-state index contributed by atoms with van der Waals surface area (Å²) < 4.78 is 41.1. The molecule has 1 aliphatic rings. The fourth-order valence-corrected chi connectivity index (χ4v) is 3.00. The Morgan fingerprint density at radius 3 is 2.74 bits per heavy atom. The Labute approximate surface area is 176 Å². The van der Waals surface area contributed by atoms with E-state index in [9.17, 15) is 22.8 Å². The van der Waals surface area contributed by atoms with Crippen LogP contribution in [-0.2, 0) is 4.79 Å². The first-order valence-corrected chi connectivity index (χ1v) is 9.27. The van der Waals surface area contributed by atoms with Gasteiger partial charge in [-0.05, 0) is 29.8 Å². The van der Waals surface area contributed by atoms with Crippen LogP contribution in [0.3, 0.4) is 0 Å². The van der Waals surface area contributed by atoms with E-state index in [1.807, 2.05) is 0 Å². The second kappa shape index (κ2) is 9.47. The van der Waals surface area contributed by atoms with Crippen molar-refractivity contribution >= 4 is 23.4 Å². The highest BCUT2D eigenvalue weighted by Gasteiger charge is 2.32. The number of aromatic nitrogens is 1. The second-order valence-corrected chi connectivity index (χ2v) is 6.57. The Morgan fingerprint density at radius 2 is 2.06 bits per heavy atom. The molecule has 1 aromatic heterocycles. The number of alkyl halides is 3. The van der Waals surface area contributed by atoms with E-state index in [1.54, 1.807) is 18.2 Å². The number of carbonyl (C=O) groups is 2. The first kappa shape index (κ1) is 22.1. The molecular weight excluding hydrogens is 415 g/mol. The summed E-state index contributed by atoms with van der Waals surface area (Å²) in [6, 6.07) is 7.27. The summed E-state index contributed by atoms with van der Waals surface area (Å²) in [7, 11) is 0. The van der Waals surface area contributed by atoms with E-state index in [1.165, 1.54) is 35.4 Å². The van der Waals surface area contributed by atoms with Crippen molar-refractivity contribution < 1.29 is 27.5 Å². The summed E-state index contributed by atoms with van der Waals surface area (Å²) in [6.07, 6.45) is -1.66. The van der Waals surface area contributed by atoms with Crippen molar-refractivity contribution in [2.45, 2.75) is 12.4 Å². The minimum absolute atomic E-state index is 0.221. The topological polar surface area (TPSA) is 95.6 Å². The molecule has 1 unspecified atom stereocenters. The van der Waals surface area contributed by atoms with Gasteiger partial charge >= 0.3 is 12.4 Å². The van der Waals surface area contributed by atoms with E-state index in [0.29, 0.717) is 23.6 Å². The molecule has 8 nitrogen and oxygen atoms in total. The molecule has 3 amide bonds. The van der Waals surface area contributed by atoms with Crippen molar-refractivity contribution in [2.75, 3.05) is 29.9 Å². The Hall–Kier alpha value is -3.60. The predicted molar refractivity (Wildman–Crippen MR) is 108 cm³/mol. The SMILES string of the molecule is C=CCNCC(NC(=O)N1CC(=O)Nc2cccnc21)c1ccc(OC(F)(F)F)cc1. The van der Waals surface area contributed by atoms with Crippen LogP contribution in [0.2, 0.25) is 0 Å². The number of fused-ring (bicyclic) bond motifs is 1. The van der Waals surface area contributed by atoms with E-state index in [4.69, 9.17) is 0 Å². The van der Waals surface area contributed by atoms with Crippen LogP contribution in [0.15, 0.2) is 55.3 Å². The Balaban J connectivity index is 1.79. The lowest BCUT2D eigenvalue weighted by molar-refractivity contribution is -0.274. The van der Waals surface area contributed by atoms with Crippen LogP contribution in [-0.4, -0.2) is 42.9 Å². The van der Waals surface area contributed by atoms with Crippen molar-refractivity contribution in [1.82, 2.24) is 15.6 Å². The number of anilines is 2. The molecule has 1 aliphatic heterocycles. The fourth-order valence-electron chi connectivity index (χ4n) is 3.00. The minimum atomic E-state index is -4.80. The zero-order chi connectivity index (χ0) is 22.4. The number of urea groups is 1. The van der Waals surface area contributed by atoms with E-state index in [-0.39, 0.29) is 24.7 Å². The molecule has 0 bridgehead atoms. The smallest absolute Gasteiger partial charge is 0.406 e. The lowest BCUT2D eigenvalue weighted by Crippen LogP contribution is -2.49. The highest BCUT2D eigenvalue weighted by atomic mass is 19.4. The molecule has 11 heteroatoms. The molecule has 0 radical (unpaired) electrons. The van der Waals surface area contributed by atoms with Gasteiger partial charge in [-0.2, -0.15) is 0 Å². The van der Waals surface area contributed by atoms with E-state index >= 15 is 0 Å². The van der Waals surface area contributed by atoms with Crippen LogP contribution >= 0.6 is 0 Å². The number of hydrogen-bond acceptors (Lipinski definition) is 5. The molecule has 1 aromatic carbocycles. The van der Waals surface area contributed by atoms with Crippen LogP contribution in [0.1, 0.15) is 11.6 Å².